The van der Waals surface area contributed by atoms with Crippen molar-refractivity contribution in [2.45, 2.75) is 6.42 Å². The van der Waals surface area contributed by atoms with E-state index in [0.29, 0.717) is 0 Å². The standard InChI is InChI=1S/C11H10N2O3/c12-6-3-7-13-10(14)8-4-1-2-5-9(8)11(15)16/h1-2,4-5H,3,7H2,(H,13,14)(H,15,16). The zero-order chi connectivity index (χ0) is 12.0. The number of benzene rings is 1. The highest BCUT2D eigenvalue weighted by molar-refractivity contribution is 6.04. The van der Waals surface area contributed by atoms with Gasteiger partial charge in [0.1, 0.15) is 0 Å². The molecule has 0 radical (unpaired) electrons. The molecule has 0 aliphatic rings. The number of nitrogens with one attached hydrogen (secondary N) is 1. The van der Waals surface area contributed by atoms with E-state index in [2.05, 4.69) is 5.32 Å². The highest BCUT2D eigenvalue weighted by atomic mass is 16.4. The summed E-state index contributed by atoms with van der Waals surface area (Å²) in [6.45, 7) is 0.212. The second kappa shape index (κ2) is 5.51. The highest BCUT2D eigenvalue weighted by Crippen LogP contribution is 2.08. The number of rotatable bonds is 4. The second-order valence-corrected chi connectivity index (χ2v) is 3.01. The fourth-order valence-electron chi connectivity index (χ4n) is 1.19. The quantitative estimate of drug-likeness (QED) is 0.738. The summed E-state index contributed by atoms with van der Waals surface area (Å²) in [7, 11) is 0. The van der Waals surface area contributed by atoms with E-state index in [1.807, 2.05) is 6.07 Å². The van der Waals surface area contributed by atoms with Gasteiger partial charge in [-0.15, -0.1) is 0 Å². The molecule has 0 saturated carbocycles. The maximum atomic E-state index is 11.6. The monoisotopic (exact) mass is 218 g/mol. The van der Waals surface area contributed by atoms with Gasteiger partial charge in [0.15, 0.2) is 0 Å². The van der Waals surface area contributed by atoms with Crippen LogP contribution in [-0.4, -0.2) is 23.5 Å². The van der Waals surface area contributed by atoms with E-state index in [4.69, 9.17) is 10.4 Å². The van der Waals surface area contributed by atoms with Gasteiger partial charge < -0.3 is 10.4 Å². The van der Waals surface area contributed by atoms with Crippen LogP contribution in [0.15, 0.2) is 24.3 Å². The van der Waals surface area contributed by atoms with E-state index in [0.717, 1.165) is 0 Å². The highest BCUT2D eigenvalue weighted by Gasteiger charge is 2.14. The van der Waals surface area contributed by atoms with Crippen molar-refractivity contribution < 1.29 is 14.7 Å². The number of carboxylic acid groups (broad SMARTS) is 1. The van der Waals surface area contributed by atoms with Crippen molar-refractivity contribution in [3.63, 3.8) is 0 Å². The topological polar surface area (TPSA) is 90.2 Å². The Morgan fingerprint density at radius 2 is 1.94 bits per heavy atom. The third kappa shape index (κ3) is 2.82. The Bertz CT molecular complexity index is 449. The van der Waals surface area contributed by atoms with Crippen molar-refractivity contribution in [1.29, 1.82) is 5.26 Å². The lowest BCUT2D eigenvalue weighted by Crippen LogP contribution is -2.26. The molecule has 0 spiro atoms. The zero-order valence-electron chi connectivity index (χ0n) is 8.43. The number of hydrogen-bond acceptors (Lipinski definition) is 3. The molecular formula is C11H10N2O3. The van der Waals surface area contributed by atoms with Crippen molar-refractivity contribution in [2.75, 3.05) is 6.54 Å². The van der Waals surface area contributed by atoms with Crippen molar-refractivity contribution in [3.05, 3.63) is 35.4 Å². The van der Waals surface area contributed by atoms with Crippen molar-refractivity contribution >= 4 is 11.9 Å². The van der Waals surface area contributed by atoms with E-state index >= 15 is 0 Å². The molecule has 2 N–H and O–H groups in total. The predicted octanol–water partition coefficient (Wildman–Crippen LogP) is 1.03. The summed E-state index contributed by atoms with van der Waals surface area (Å²) < 4.78 is 0. The van der Waals surface area contributed by atoms with Gasteiger partial charge in [0.2, 0.25) is 0 Å². The molecule has 1 rings (SSSR count). The molecule has 0 bridgehead atoms. The molecular weight excluding hydrogens is 208 g/mol. The minimum absolute atomic E-state index is 0.0445. The van der Waals surface area contributed by atoms with Gasteiger partial charge in [0, 0.05) is 6.54 Å². The fourth-order valence-corrected chi connectivity index (χ4v) is 1.19. The molecule has 0 aromatic heterocycles. The zero-order valence-corrected chi connectivity index (χ0v) is 8.43. The van der Waals surface area contributed by atoms with Crippen LogP contribution in [0.1, 0.15) is 27.1 Å². The first-order valence-electron chi connectivity index (χ1n) is 4.64. The van der Waals surface area contributed by atoms with Gasteiger partial charge in [-0.1, -0.05) is 12.1 Å². The average Bonchev–Trinajstić information content (AvgIpc) is 2.29. The Hall–Kier alpha value is -2.35. The molecule has 0 fully saturated rings. The van der Waals surface area contributed by atoms with E-state index in [-0.39, 0.29) is 24.1 Å². The minimum Gasteiger partial charge on any atom is -0.478 e. The fraction of sp³-hybridized carbons (Fsp3) is 0.182. The Morgan fingerprint density at radius 1 is 1.31 bits per heavy atom. The Morgan fingerprint density at radius 3 is 2.50 bits per heavy atom. The van der Waals surface area contributed by atoms with E-state index in [9.17, 15) is 9.59 Å². The lowest BCUT2D eigenvalue weighted by molar-refractivity contribution is 0.0691. The van der Waals surface area contributed by atoms with E-state index in [1.54, 1.807) is 12.1 Å². The molecule has 0 saturated heterocycles. The molecule has 82 valence electrons. The number of amides is 1. The smallest absolute Gasteiger partial charge is 0.336 e. The number of nitriles is 1. The lowest BCUT2D eigenvalue weighted by Gasteiger charge is -2.05. The molecule has 1 aromatic rings. The summed E-state index contributed by atoms with van der Waals surface area (Å²) >= 11 is 0. The van der Waals surface area contributed by atoms with Crippen LogP contribution in [0.25, 0.3) is 0 Å². The summed E-state index contributed by atoms with van der Waals surface area (Å²) in [5.41, 5.74) is 0.0601. The molecule has 0 heterocycles. The van der Waals surface area contributed by atoms with Gasteiger partial charge in [0.25, 0.3) is 5.91 Å². The second-order valence-electron chi connectivity index (χ2n) is 3.01. The number of carbonyl (C=O) groups is 2. The average molecular weight is 218 g/mol. The minimum atomic E-state index is -1.15. The van der Waals surface area contributed by atoms with Crippen LogP contribution in [0.2, 0.25) is 0 Å². The lowest BCUT2D eigenvalue weighted by atomic mass is 10.1. The maximum absolute atomic E-state index is 11.6. The molecule has 1 amide bonds. The van der Waals surface area contributed by atoms with Crippen LogP contribution < -0.4 is 5.32 Å². The molecule has 0 atom stereocenters. The number of hydrogen-bond donors (Lipinski definition) is 2. The van der Waals surface area contributed by atoms with Crippen LogP contribution in [0, 0.1) is 11.3 Å². The Balaban J connectivity index is 2.83. The van der Waals surface area contributed by atoms with Gasteiger partial charge in [-0.3, -0.25) is 4.79 Å². The summed E-state index contributed by atoms with van der Waals surface area (Å²) in [6, 6.07) is 7.82. The Labute approximate surface area is 92.3 Å². The molecule has 16 heavy (non-hydrogen) atoms. The first-order valence-corrected chi connectivity index (χ1v) is 4.64. The molecule has 0 aliphatic heterocycles. The van der Waals surface area contributed by atoms with Gasteiger partial charge in [-0.05, 0) is 12.1 Å². The van der Waals surface area contributed by atoms with Gasteiger partial charge in [-0.25, -0.2) is 4.79 Å². The maximum Gasteiger partial charge on any atom is 0.336 e. The largest absolute Gasteiger partial charge is 0.478 e. The van der Waals surface area contributed by atoms with E-state index < -0.39 is 11.9 Å². The van der Waals surface area contributed by atoms with Crippen molar-refractivity contribution in [1.82, 2.24) is 5.32 Å². The molecule has 5 heteroatoms. The normalized spacial score (nSPS) is 9.19. The summed E-state index contributed by atoms with van der Waals surface area (Å²) in [5.74, 6) is -1.63. The first-order chi connectivity index (χ1) is 7.66. The molecule has 1 aromatic carbocycles. The Kier molecular flexibility index (Phi) is 4.04. The van der Waals surface area contributed by atoms with Gasteiger partial charge in [0.05, 0.1) is 23.6 Å². The number of nitrogens with zero attached hydrogens (tertiary/aromatic N) is 1. The van der Waals surface area contributed by atoms with Crippen LogP contribution in [0.4, 0.5) is 0 Å². The van der Waals surface area contributed by atoms with Crippen molar-refractivity contribution in [2.24, 2.45) is 0 Å². The molecule has 5 nitrogen and oxygen atoms in total. The third-order valence-corrected chi connectivity index (χ3v) is 1.92. The molecule has 0 unspecified atom stereocenters. The van der Waals surface area contributed by atoms with Crippen LogP contribution in [0.5, 0.6) is 0 Å². The van der Waals surface area contributed by atoms with Gasteiger partial charge in [-0.2, -0.15) is 5.26 Å². The number of aromatic carboxylic acids is 1. The van der Waals surface area contributed by atoms with Gasteiger partial charge >= 0.3 is 5.97 Å². The summed E-state index contributed by atoms with van der Waals surface area (Å²) in [6.07, 6.45) is 0.195. The predicted molar refractivity (Wildman–Crippen MR) is 56.0 cm³/mol. The van der Waals surface area contributed by atoms with Crippen molar-refractivity contribution in [3.8, 4) is 6.07 Å². The number of carbonyl (C=O) groups excluding carboxylic acids is 1. The SMILES string of the molecule is N#CCCNC(=O)c1ccccc1C(=O)O. The van der Waals surface area contributed by atoms with Crippen LogP contribution in [-0.2, 0) is 0 Å². The van der Waals surface area contributed by atoms with Crippen LogP contribution >= 0.6 is 0 Å². The number of carboxylic acids is 1. The first kappa shape index (κ1) is 11.7. The summed E-state index contributed by atoms with van der Waals surface area (Å²) in [4.78, 5) is 22.4. The molecule has 0 aliphatic carbocycles. The van der Waals surface area contributed by atoms with E-state index in [1.165, 1.54) is 12.1 Å². The third-order valence-electron chi connectivity index (χ3n) is 1.92. The van der Waals surface area contributed by atoms with Crippen LogP contribution in [0.3, 0.4) is 0 Å². The summed E-state index contributed by atoms with van der Waals surface area (Å²) in [5, 5.41) is 19.6.